The van der Waals surface area contributed by atoms with Gasteiger partial charge in [0.1, 0.15) is 11.8 Å². The molecule has 6 nitrogen and oxygen atoms in total. The van der Waals surface area contributed by atoms with Crippen molar-refractivity contribution in [1.82, 2.24) is 24.8 Å². The smallest absolute Gasteiger partial charge is 0.165 e. The van der Waals surface area contributed by atoms with E-state index >= 15 is 0 Å². The summed E-state index contributed by atoms with van der Waals surface area (Å²) in [5.41, 5.74) is 7.20. The standard InChI is InChI=1S/C10H16N6/c1-2-12-4-3-5-16-7-15-8-9(11)13-6-14-10(8)16/h6-7,12H,2-5H2,1H3,(H2,11,13,14). The number of nitrogens with one attached hydrogen (secondary N) is 1. The van der Waals surface area contributed by atoms with Crippen LogP contribution in [-0.2, 0) is 6.54 Å². The van der Waals surface area contributed by atoms with E-state index < -0.39 is 0 Å². The zero-order valence-corrected chi connectivity index (χ0v) is 9.35. The molecule has 86 valence electrons. The van der Waals surface area contributed by atoms with Crippen LogP contribution in [0.5, 0.6) is 0 Å². The highest BCUT2D eigenvalue weighted by molar-refractivity contribution is 5.80. The maximum Gasteiger partial charge on any atom is 0.165 e. The van der Waals surface area contributed by atoms with Crippen LogP contribution in [0, 0.1) is 0 Å². The van der Waals surface area contributed by atoms with Crippen LogP contribution in [0.25, 0.3) is 11.2 Å². The first-order valence-electron chi connectivity index (χ1n) is 5.45. The average Bonchev–Trinajstić information content (AvgIpc) is 2.70. The summed E-state index contributed by atoms with van der Waals surface area (Å²) < 4.78 is 2.00. The van der Waals surface area contributed by atoms with Crippen molar-refractivity contribution in [2.45, 2.75) is 19.9 Å². The molecule has 0 aliphatic rings. The van der Waals surface area contributed by atoms with Crippen molar-refractivity contribution in [1.29, 1.82) is 0 Å². The Hall–Kier alpha value is -1.69. The van der Waals surface area contributed by atoms with Crippen LogP contribution in [-0.4, -0.2) is 32.6 Å². The summed E-state index contributed by atoms with van der Waals surface area (Å²) in [4.78, 5) is 12.3. The van der Waals surface area contributed by atoms with Gasteiger partial charge in [-0.15, -0.1) is 0 Å². The first-order chi connectivity index (χ1) is 7.83. The molecule has 0 radical (unpaired) electrons. The van der Waals surface area contributed by atoms with Crippen molar-refractivity contribution >= 4 is 17.0 Å². The van der Waals surface area contributed by atoms with E-state index in [0.717, 1.165) is 31.7 Å². The van der Waals surface area contributed by atoms with E-state index in [2.05, 4.69) is 27.2 Å². The van der Waals surface area contributed by atoms with E-state index in [1.54, 1.807) is 6.33 Å². The Morgan fingerprint density at radius 3 is 3.06 bits per heavy atom. The lowest BCUT2D eigenvalue weighted by Crippen LogP contribution is -2.15. The van der Waals surface area contributed by atoms with Crippen LogP contribution < -0.4 is 11.1 Å². The van der Waals surface area contributed by atoms with Crippen molar-refractivity contribution in [3.63, 3.8) is 0 Å². The molecule has 3 N–H and O–H groups in total. The monoisotopic (exact) mass is 220 g/mol. The van der Waals surface area contributed by atoms with Gasteiger partial charge in [-0.05, 0) is 19.5 Å². The molecule has 16 heavy (non-hydrogen) atoms. The summed E-state index contributed by atoms with van der Waals surface area (Å²) in [7, 11) is 0. The highest BCUT2D eigenvalue weighted by atomic mass is 15.1. The molecular formula is C10H16N6. The number of anilines is 1. The van der Waals surface area contributed by atoms with Crippen molar-refractivity contribution in [2.75, 3.05) is 18.8 Å². The van der Waals surface area contributed by atoms with Gasteiger partial charge in [-0.3, -0.25) is 0 Å². The minimum Gasteiger partial charge on any atom is -0.382 e. The van der Waals surface area contributed by atoms with Crippen LogP contribution in [0.2, 0.25) is 0 Å². The number of hydrogen-bond donors (Lipinski definition) is 2. The Kier molecular flexibility index (Phi) is 3.31. The fraction of sp³-hybridized carbons (Fsp3) is 0.500. The number of nitrogens with zero attached hydrogens (tertiary/aromatic N) is 4. The SMILES string of the molecule is CCNCCCn1cnc2c(N)ncnc21. The van der Waals surface area contributed by atoms with Gasteiger partial charge < -0.3 is 15.6 Å². The molecule has 0 aliphatic carbocycles. The third kappa shape index (κ3) is 2.11. The van der Waals surface area contributed by atoms with E-state index in [-0.39, 0.29) is 0 Å². The Bertz CT molecular complexity index is 463. The largest absolute Gasteiger partial charge is 0.382 e. The zero-order valence-electron chi connectivity index (χ0n) is 9.35. The molecule has 0 saturated heterocycles. The van der Waals surface area contributed by atoms with Crippen molar-refractivity contribution in [2.24, 2.45) is 0 Å². The minimum absolute atomic E-state index is 0.440. The average molecular weight is 220 g/mol. The second-order valence-electron chi connectivity index (χ2n) is 3.58. The van der Waals surface area contributed by atoms with Crippen molar-refractivity contribution in [3.05, 3.63) is 12.7 Å². The normalized spacial score (nSPS) is 11.1. The van der Waals surface area contributed by atoms with E-state index in [0.29, 0.717) is 11.3 Å². The lowest BCUT2D eigenvalue weighted by atomic mass is 10.4. The van der Waals surface area contributed by atoms with Gasteiger partial charge in [0.25, 0.3) is 0 Å². The van der Waals surface area contributed by atoms with Crippen LogP contribution in [0.15, 0.2) is 12.7 Å². The highest BCUT2D eigenvalue weighted by Gasteiger charge is 2.06. The van der Waals surface area contributed by atoms with E-state index in [1.165, 1.54) is 6.33 Å². The molecule has 2 rings (SSSR count). The predicted octanol–water partition coefficient (Wildman–Crippen LogP) is 0.408. The lowest BCUT2D eigenvalue weighted by Gasteiger charge is -2.03. The Balaban J connectivity index is 2.10. The zero-order chi connectivity index (χ0) is 11.4. The van der Waals surface area contributed by atoms with Gasteiger partial charge in [0.2, 0.25) is 0 Å². The second-order valence-corrected chi connectivity index (χ2v) is 3.58. The predicted molar refractivity (Wildman–Crippen MR) is 62.9 cm³/mol. The maximum absolute atomic E-state index is 5.71. The van der Waals surface area contributed by atoms with Gasteiger partial charge in [0.05, 0.1) is 6.33 Å². The fourth-order valence-corrected chi connectivity index (χ4v) is 1.61. The molecule has 0 saturated carbocycles. The molecule has 0 bridgehead atoms. The summed E-state index contributed by atoms with van der Waals surface area (Å²) >= 11 is 0. The van der Waals surface area contributed by atoms with Crippen LogP contribution in [0.4, 0.5) is 5.82 Å². The third-order valence-corrected chi connectivity index (χ3v) is 2.43. The van der Waals surface area contributed by atoms with Crippen LogP contribution >= 0.6 is 0 Å². The first kappa shape index (κ1) is 10.8. The molecule has 0 aromatic carbocycles. The molecule has 0 unspecified atom stereocenters. The molecule has 0 fully saturated rings. The Morgan fingerprint density at radius 1 is 1.38 bits per heavy atom. The molecule has 0 spiro atoms. The number of aromatic nitrogens is 4. The molecular weight excluding hydrogens is 204 g/mol. The number of nitrogens with two attached hydrogens (primary N) is 1. The number of rotatable bonds is 5. The van der Waals surface area contributed by atoms with E-state index in [1.807, 2.05) is 4.57 Å². The van der Waals surface area contributed by atoms with E-state index in [9.17, 15) is 0 Å². The summed E-state index contributed by atoms with van der Waals surface area (Å²) in [6.07, 6.45) is 4.28. The quantitative estimate of drug-likeness (QED) is 0.713. The maximum atomic E-state index is 5.71. The number of fused-ring (bicyclic) bond motifs is 1. The number of nitrogen functional groups attached to an aromatic ring is 1. The topological polar surface area (TPSA) is 81.7 Å². The Labute approximate surface area is 93.9 Å². The van der Waals surface area contributed by atoms with Crippen molar-refractivity contribution in [3.8, 4) is 0 Å². The van der Waals surface area contributed by atoms with Crippen LogP contribution in [0.3, 0.4) is 0 Å². The summed E-state index contributed by atoms with van der Waals surface area (Å²) in [6.45, 7) is 4.98. The minimum atomic E-state index is 0.440. The Morgan fingerprint density at radius 2 is 2.25 bits per heavy atom. The molecule has 2 aromatic heterocycles. The van der Waals surface area contributed by atoms with E-state index in [4.69, 9.17) is 5.73 Å². The van der Waals surface area contributed by atoms with Gasteiger partial charge in [0, 0.05) is 6.54 Å². The summed E-state index contributed by atoms with van der Waals surface area (Å²) in [6, 6.07) is 0. The van der Waals surface area contributed by atoms with Gasteiger partial charge in [-0.2, -0.15) is 0 Å². The first-order valence-corrected chi connectivity index (χ1v) is 5.45. The van der Waals surface area contributed by atoms with Gasteiger partial charge in [-0.25, -0.2) is 15.0 Å². The molecule has 0 aliphatic heterocycles. The molecule has 2 heterocycles. The number of aryl methyl sites for hydroxylation is 1. The second kappa shape index (κ2) is 4.89. The molecule has 0 atom stereocenters. The molecule has 0 amide bonds. The van der Waals surface area contributed by atoms with Crippen molar-refractivity contribution < 1.29 is 0 Å². The molecule has 2 aromatic rings. The van der Waals surface area contributed by atoms with Gasteiger partial charge in [0.15, 0.2) is 11.5 Å². The molecule has 6 heteroatoms. The van der Waals surface area contributed by atoms with Gasteiger partial charge in [-0.1, -0.05) is 6.92 Å². The van der Waals surface area contributed by atoms with Gasteiger partial charge >= 0.3 is 0 Å². The number of imidazole rings is 1. The fourth-order valence-electron chi connectivity index (χ4n) is 1.61. The van der Waals surface area contributed by atoms with Crippen LogP contribution in [0.1, 0.15) is 13.3 Å². The summed E-state index contributed by atoms with van der Waals surface area (Å²) in [5, 5.41) is 3.28. The summed E-state index contributed by atoms with van der Waals surface area (Å²) in [5.74, 6) is 0.440. The third-order valence-electron chi connectivity index (χ3n) is 2.43. The highest BCUT2D eigenvalue weighted by Crippen LogP contribution is 2.13. The lowest BCUT2D eigenvalue weighted by molar-refractivity contribution is 0.599. The number of hydrogen-bond acceptors (Lipinski definition) is 5.